The minimum atomic E-state index is -0.641. The van der Waals surface area contributed by atoms with Crippen molar-refractivity contribution in [3.8, 4) is 5.75 Å². The smallest absolute Gasteiger partial charge is 0.122 e. The molecule has 0 aliphatic carbocycles. The fourth-order valence-corrected chi connectivity index (χ4v) is 2.56. The average Bonchev–Trinajstić information content (AvgIpc) is 2.42. The number of methoxy groups -OCH3 is 1. The maximum Gasteiger partial charge on any atom is 0.122 e. The second-order valence-electron chi connectivity index (χ2n) is 5.01. The molecule has 2 aromatic carbocycles. The Labute approximate surface area is 125 Å². The van der Waals surface area contributed by atoms with Crippen molar-refractivity contribution in [3.05, 3.63) is 63.7 Å². The van der Waals surface area contributed by atoms with E-state index in [2.05, 4.69) is 0 Å². The van der Waals surface area contributed by atoms with Crippen LogP contribution >= 0.6 is 11.6 Å². The van der Waals surface area contributed by atoms with E-state index in [0.717, 1.165) is 28.0 Å². The van der Waals surface area contributed by atoms with Gasteiger partial charge >= 0.3 is 0 Å². The van der Waals surface area contributed by atoms with Gasteiger partial charge in [0.25, 0.3) is 0 Å². The van der Waals surface area contributed by atoms with E-state index in [1.807, 2.05) is 50.2 Å². The third kappa shape index (κ3) is 3.14. The van der Waals surface area contributed by atoms with Crippen molar-refractivity contribution in [1.82, 2.24) is 0 Å². The summed E-state index contributed by atoms with van der Waals surface area (Å²) in [7, 11) is 1.64. The van der Waals surface area contributed by atoms with Gasteiger partial charge in [-0.1, -0.05) is 47.5 Å². The van der Waals surface area contributed by atoms with Gasteiger partial charge in [-0.2, -0.15) is 0 Å². The molecule has 0 aliphatic rings. The number of aliphatic hydroxyl groups excluding tert-OH is 1. The number of aliphatic hydroxyl groups is 1. The molecule has 20 heavy (non-hydrogen) atoms. The summed E-state index contributed by atoms with van der Waals surface area (Å²) in [6.45, 7) is 3.96. The van der Waals surface area contributed by atoms with Crippen LogP contribution in [0, 0.1) is 13.8 Å². The second-order valence-corrected chi connectivity index (χ2v) is 5.39. The Bertz CT molecular complexity index is 608. The molecular formula is C17H19ClO2. The lowest BCUT2D eigenvalue weighted by molar-refractivity contribution is 0.177. The van der Waals surface area contributed by atoms with Crippen molar-refractivity contribution in [2.24, 2.45) is 0 Å². The number of rotatable bonds is 4. The largest absolute Gasteiger partial charge is 0.496 e. The zero-order chi connectivity index (χ0) is 14.7. The SMILES string of the molecule is COc1ccc(C)cc1CC(O)c1cccc(C)c1Cl. The second kappa shape index (κ2) is 6.29. The lowest BCUT2D eigenvalue weighted by atomic mass is 9.98. The van der Waals surface area contributed by atoms with Gasteiger partial charge in [0.2, 0.25) is 0 Å². The number of benzene rings is 2. The first-order chi connectivity index (χ1) is 9.52. The van der Waals surface area contributed by atoms with E-state index in [-0.39, 0.29) is 0 Å². The fourth-order valence-electron chi connectivity index (χ4n) is 2.31. The predicted molar refractivity (Wildman–Crippen MR) is 82.6 cm³/mol. The number of aryl methyl sites for hydroxylation is 2. The van der Waals surface area contributed by atoms with Crippen molar-refractivity contribution >= 4 is 11.6 Å². The van der Waals surface area contributed by atoms with Crippen LogP contribution in [0.5, 0.6) is 5.75 Å². The minimum absolute atomic E-state index is 0.480. The van der Waals surface area contributed by atoms with Crippen molar-refractivity contribution in [1.29, 1.82) is 0 Å². The molecule has 0 bridgehead atoms. The molecule has 1 unspecified atom stereocenters. The fraction of sp³-hybridized carbons (Fsp3) is 0.294. The summed E-state index contributed by atoms with van der Waals surface area (Å²) in [5, 5.41) is 11.1. The quantitative estimate of drug-likeness (QED) is 0.912. The minimum Gasteiger partial charge on any atom is -0.496 e. The molecule has 0 radical (unpaired) electrons. The number of halogens is 1. The molecule has 0 aromatic heterocycles. The lowest BCUT2D eigenvalue weighted by Gasteiger charge is -2.16. The highest BCUT2D eigenvalue weighted by atomic mass is 35.5. The summed E-state index contributed by atoms with van der Waals surface area (Å²) in [4.78, 5) is 0. The zero-order valence-electron chi connectivity index (χ0n) is 12.0. The summed E-state index contributed by atoms with van der Waals surface area (Å²) in [5.41, 5.74) is 3.86. The van der Waals surface area contributed by atoms with Gasteiger partial charge in [0, 0.05) is 11.4 Å². The van der Waals surface area contributed by atoms with Gasteiger partial charge in [-0.05, 0) is 36.6 Å². The zero-order valence-corrected chi connectivity index (χ0v) is 12.7. The van der Waals surface area contributed by atoms with E-state index < -0.39 is 6.10 Å². The van der Waals surface area contributed by atoms with Crippen molar-refractivity contribution in [2.75, 3.05) is 7.11 Å². The first kappa shape index (κ1) is 14.9. The highest BCUT2D eigenvalue weighted by Crippen LogP contribution is 2.31. The number of hydrogen-bond donors (Lipinski definition) is 1. The van der Waals surface area contributed by atoms with Crippen LogP contribution in [0.2, 0.25) is 5.02 Å². The molecule has 1 atom stereocenters. The maximum absolute atomic E-state index is 10.5. The molecule has 106 valence electrons. The van der Waals surface area contributed by atoms with Crippen LogP contribution in [0.3, 0.4) is 0 Å². The van der Waals surface area contributed by atoms with Gasteiger partial charge in [-0.25, -0.2) is 0 Å². The molecule has 0 saturated carbocycles. The maximum atomic E-state index is 10.5. The van der Waals surface area contributed by atoms with Crippen LogP contribution in [0.25, 0.3) is 0 Å². The average molecular weight is 291 g/mol. The Kier molecular flexibility index (Phi) is 4.69. The third-order valence-electron chi connectivity index (χ3n) is 3.43. The van der Waals surface area contributed by atoms with Gasteiger partial charge < -0.3 is 9.84 Å². The normalized spacial score (nSPS) is 12.2. The van der Waals surface area contributed by atoms with Crippen molar-refractivity contribution in [2.45, 2.75) is 26.4 Å². The van der Waals surface area contributed by atoms with Gasteiger partial charge in [-0.3, -0.25) is 0 Å². The molecule has 1 N–H and O–H groups in total. The first-order valence-corrected chi connectivity index (χ1v) is 6.97. The Hall–Kier alpha value is -1.51. The number of ether oxygens (including phenoxy) is 1. The lowest BCUT2D eigenvalue weighted by Crippen LogP contribution is -2.05. The van der Waals surface area contributed by atoms with E-state index in [1.165, 1.54) is 0 Å². The van der Waals surface area contributed by atoms with E-state index in [0.29, 0.717) is 11.4 Å². The van der Waals surface area contributed by atoms with Gasteiger partial charge in [-0.15, -0.1) is 0 Å². The third-order valence-corrected chi connectivity index (χ3v) is 3.95. The highest BCUT2D eigenvalue weighted by molar-refractivity contribution is 6.32. The summed E-state index contributed by atoms with van der Waals surface area (Å²) in [5.74, 6) is 0.790. The molecule has 3 heteroatoms. The summed E-state index contributed by atoms with van der Waals surface area (Å²) in [6.07, 6.45) is -0.160. The Morgan fingerprint density at radius 3 is 2.65 bits per heavy atom. The topological polar surface area (TPSA) is 29.5 Å². The first-order valence-electron chi connectivity index (χ1n) is 6.59. The van der Waals surface area contributed by atoms with Crippen LogP contribution in [-0.4, -0.2) is 12.2 Å². The van der Waals surface area contributed by atoms with E-state index in [4.69, 9.17) is 16.3 Å². The molecule has 0 saturated heterocycles. The summed E-state index contributed by atoms with van der Waals surface area (Å²) < 4.78 is 5.35. The molecule has 0 amide bonds. The van der Waals surface area contributed by atoms with Crippen LogP contribution < -0.4 is 4.74 Å². The van der Waals surface area contributed by atoms with Crippen molar-refractivity contribution < 1.29 is 9.84 Å². The summed E-state index contributed by atoms with van der Waals surface area (Å²) >= 11 is 6.27. The molecule has 2 rings (SSSR count). The molecule has 2 nitrogen and oxygen atoms in total. The molecule has 0 spiro atoms. The molecular weight excluding hydrogens is 272 g/mol. The monoisotopic (exact) mass is 290 g/mol. The molecule has 2 aromatic rings. The van der Waals surface area contributed by atoms with E-state index in [9.17, 15) is 5.11 Å². The Balaban J connectivity index is 2.30. The van der Waals surface area contributed by atoms with Crippen LogP contribution in [0.4, 0.5) is 0 Å². The predicted octanol–water partition coefficient (Wildman–Crippen LogP) is 4.24. The van der Waals surface area contributed by atoms with E-state index >= 15 is 0 Å². The highest BCUT2D eigenvalue weighted by Gasteiger charge is 2.15. The standard InChI is InChI=1S/C17H19ClO2/c1-11-7-8-16(20-3)13(9-11)10-15(19)14-6-4-5-12(2)17(14)18/h4-9,15,19H,10H2,1-3H3. The Morgan fingerprint density at radius 1 is 1.20 bits per heavy atom. The molecule has 0 fully saturated rings. The van der Waals surface area contributed by atoms with Crippen LogP contribution in [-0.2, 0) is 6.42 Å². The van der Waals surface area contributed by atoms with Gasteiger partial charge in [0.15, 0.2) is 0 Å². The van der Waals surface area contributed by atoms with Gasteiger partial charge in [0.1, 0.15) is 5.75 Å². The van der Waals surface area contributed by atoms with E-state index in [1.54, 1.807) is 7.11 Å². The van der Waals surface area contributed by atoms with Gasteiger partial charge in [0.05, 0.1) is 13.2 Å². The van der Waals surface area contributed by atoms with Crippen molar-refractivity contribution in [3.63, 3.8) is 0 Å². The Morgan fingerprint density at radius 2 is 1.95 bits per heavy atom. The summed E-state index contributed by atoms with van der Waals surface area (Å²) in [6, 6.07) is 11.7. The molecule has 0 heterocycles. The molecule has 0 aliphatic heterocycles. The number of hydrogen-bond acceptors (Lipinski definition) is 2. The van der Waals surface area contributed by atoms with Crippen LogP contribution in [0.15, 0.2) is 36.4 Å². The van der Waals surface area contributed by atoms with Crippen LogP contribution in [0.1, 0.15) is 28.4 Å².